The van der Waals surface area contributed by atoms with Gasteiger partial charge >= 0.3 is 12.0 Å². The van der Waals surface area contributed by atoms with E-state index in [-0.39, 0.29) is 12.0 Å². The van der Waals surface area contributed by atoms with Gasteiger partial charge in [-0.3, -0.25) is 4.57 Å². The number of pyridine rings is 1. The Morgan fingerprint density at radius 3 is 2.59 bits per heavy atom. The summed E-state index contributed by atoms with van der Waals surface area (Å²) in [5.41, 5.74) is 1.88. The molecular weight excluding hydrogens is 346 g/mol. The van der Waals surface area contributed by atoms with Crippen molar-refractivity contribution in [2.45, 2.75) is 13.5 Å². The van der Waals surface area contributed by atoms with Crippen LogP contribution in [0.25, 0.3) is 5.82 Å². The van der Waals surface area contributed by atoms with Crippen molar-refractivity contribution in [3.63, 3.8) is 0 Å². The van der Waals surface area contributed by atoms with Gasteiger partial charge in [-0.25, -0.2) is 19.6 Å². The Kier molecular flexibility index (Phi) is 5.78. The lowest BCUT2D eigenvalue weighted by Gasteiger charge is -2.09. The molecule has 3 rings (SSSR count). The number of imidazole rings is 1. The molecule has 0 unspecified atom stereocenters. The molecule has 2 N–H and O–H groups in total. The largest absolute Gasteiger partial charge is 0.462 e. The van der Waals surface area contributed by atoms with Crippen LogP contribution in [-0.2, 0) is 11.3 Å². The minimum atomic E-state index is -0.389. The predicted octanol–water partition coefficient (Wildman–Crippen LogP) is 2.77. The van der Waals surface area contributed by atoms with Crippen LogP contribution in [0.1, 0.15) is 22.8 Å². The number of hydrogen-bond acceptors (Lipinski definition) is 5. The molecule has 0 radical (unpaired) electrons. The molecule has 0 fully saturated rings. The predicted molar refractivity (Wildman–Crippen MR) is 99.6 cm³/mol. The van der Waals surface area contributed by atoms with Gasteiger partial charge in [0, 0.05) is 30.8 Å². The number of nitrogens with one attached hydrogen (secondary N) is 2. The van der Waals surface area contributed by atoms with Crippen molar-refractivity contribution < 1.29 is 14.3 Å². The number of ether oxygens (including phenoxy) is 1. The first-order valence-electron chi connectivity index (χ1n) is 8.41. The number of esters is 1. The van der Waals surface area contributed by atoms with E-state index in [9.17, 15) is 9.59 Å². The van der Waals surface area contributed by atoms with Gasteiger partial charge in [-0.1, -0.05) is 6.07 Å². The normalized spacial score (nSPS) is 10.3. The Labute approximate surface area is 156 Å². The van der Waals surface area contributed by atoms with E-state index in [0.29, 0.717) is 24.4 Å². The highest BCUT2D eigenvalue weighted by atomic mass is 16.5. The summed E-state index contributed by atoms with van der Waals surface area (Å²) >= 11 is 0. The van der Waals surface area contributed by atoms with Gasteiger partial charge in [0.15, 0.2) is 0 Å². The van der Waals surface area contributed by atoms with Crippen LogP contribution in [0.3, 0.4) is 0 Å². The van der Waals surface area contributed by atoms with E-state index >= 15 is 0 Å². The Balaban J connectivity index is 1.50. The van der Waals surface area contributed by atoms with E-state index in [4.69, 9.17) is 4.74 Å². The topological polar surface area (TPSA) is 98.1 Å². The van der Waals surface area contributed by atoms with Crippen molar-refractivity contribution >= 4 is 17.7 Å². The van der Waals surface area contributed by atoms with E-state index in [0.717, 1.165) is 11.4 Å². The second-order valence-electron chi connectivity index (χ2n) is 5.60. The van der Waals surface area contributed by atoms with E-state index in [1.807, 2.05) is 12.1 Å². The summed E-state index contributed by atoms with van der Waals surface area (Å²) in [5, 5.41) is 5.47. The van der Waals surface area contributed by atoms with Gasteiger partial charge in [-0.05, 0) is 42.8 Å². The number of carbonyl (C=O) groups is 2. The smallest absolute Gasteiger partial charge is 0.338 e. The Morgan fingerprint density at radius 1 is 1.15 bits per heavy atom. The minimum Gasteiger partial charge on any atom is -0.462 e. The molecule has 0 aliphatic carbocycles. The molecule has 2 amide bonds. The summed E-state index contributed by atoms with van der Waals surface area (Å²) in [6.07, 6.45) is 6.85. The van der Waals surface area contributed by atoms with Crippen molar-refractivity contribution in [3.8, 4) is 5.82 Å². The van der Waals surface area contributed by atoms with Crippen molar-refractivity contribution in [2.24, 2.45) is 0 Å². The fourth-order valence-corrected chi connectivity index (χ4v) is 2.33. The van der Waals surface area contributed by atoms with Gasteiger partial charge < -0.3 is 15.4 Å². The Morgan fingerprint density at radius 2 is 1.96 bits per heavy atom. The quantitative estimate of drug-likeness (QED) is 0.655. The summed E-state index contributed by atoms with van der Waals surface area (Å²) in [7, 11) is 0. The highest BCUT2D eigenvalue weighted by Crippen LogP contribution is 2.11. The maximum atomic E-state index is 12.0. The molecule has 1 aromatic carbocycles. The molecule has 2 heterocycles. The van der Waals surface area contributed by atoms with Crippen molar-refractivity contribution in [1.29, 1.82) is 0 Å². The van der Waals surface area contributed by atoms with Crippen LogP contribution in [-0.4, -0.2) is 33.1 Å². The second-order valence-corrected chi connectivity index (χ2v) is 5.60. The third-order valence-electron chi connectivity index (χ3n) is 3.69. The van der Waals surface area contributed by atoms with Crippen LogP contribution in [0.15, 0.2) is 61.3 Å². The number of benzene rings is 1. The molecule has 27 heavy (non-hydrogen) atoms. The van der Waals surface area contributed by atoms with Crippen molar-refractivity contribution in [1.82, 2.24) is 19.9 Å². The lowest BCUT2D eigenvalue weighted by molar-refractivity contribution is 0.0526. The van der Waals surface area contributed by atoms with E-state index in [1.165, 1.54) is 0 Å². The lowest BCUT2D eigenvalue weighted by Crippen LogP contribution is -2.28. The SMILES string of the molecule is CCOC(=O)c1ccc(NC(=O)NCc2ccc(-n3ccnc3)nc2)cc1. The zero-order chi connectivity index (χ0) is 19.1. The first-order valence-corrected chi connectivity index (χ1v) is 8.41. The van der Waals surface area contributed by atoms with Gasteiger partial charge in [0.1, 0.15) is 12.1 Å². The number of hydrogen-bond donors (Lipinski definition) is 2. The van der Waals surface area contributed by atoms with E-state index < -0.39 is 0 Å². The number of carbonyl (C=O) groups excluding carboxylic acids is 2. The van der Waals surface area contributed by atoms with Crippen LogP contribution in [0.4, 0.5) is 10.5 Å². The average molecular weight is 365 g/mol. The van der Waals surface area contributed by atoms with Gasteiger partial charge in [-0.2, -0.15) is 0 Å². The molecule has 2 aromatic heterocycles. The maximum absolute atomic E-state index is 12.0. The van der Waals surface area contributed by atoms with E-state index in [1.54, 1.807) is 60.7 Å². The molecule has 0 aliphatic rings. The van der Waals surface area contributed by atoms with Crippen LogP contribution < -0.4 is 10.6 Å². The standard InChI is InChI=1S/C19H19N5O3/c1-2-27-18(25)15-4-6-16(7-5-15)23-19(26)22-12-14-3-8-17(21-11-14)24-10-9-20-13-24/h3-11,13H,2,12H2,1H3,(H2,22,23,26). The first kappa shape index (κ1) is 18.1. The molecule has 138 valence electrons. The maximum Gasteiger partial charge on any atom is 0.338 e. The summed E-state index contributed by atoms with van der Waals surface area (Å²) in [5.74, 6) is 0.363. The van der Waals surface area contributed by atoms with Gasteiger partial charge in [-0.15, -0.1) is 0 Å². The Hall–Kier alpha value is -3.68. The molecular formula is C19H19N5O3. The number of aromatic nitrogens is 3. The third kappa shape index (κ3) is 4.91. The third-order valence-corrected chi connectivity index (χ3v) is 3.69. The van der Waals surface area contributed by atoms with E-state index in [2.05, 4.69) is 20.6 Å². The molecule has 0 aliphatic heterocycles. The Bertz CT molecular complexity index is 890. The summed E-state index contributed by atoms with van der Waals surface area (Å²) < 4.78 is 6.71. The second kappa shape index (κ2) is 8.61. The van der Waals surface area contributed by atoms with Crippen LogP contribution in [0.5, 0.6) is 0 Å². The summed E-state index contributed by atoms with van der Waals surface area (Å²) in [4.78, 5) is 31.9. The monoisotopic (exact) mass is 365 g/mol. The number of amides is 2. The molecule has 0 spiro atoms. The molecule has 8 heteroatoms. The number of urea groups is 1. The number of rotatable bonds is 6. The van der Waals surface area contributed by atoms with Crippen LogP contribution in [0, 0.1) is 0 Å². The number of nitrogens with zero attached hydrogens (tertiary/aromatic N) is 3. The van der Waals surface area contributed by atoms with Gasteiger partial charge in [0.25, 0.3) is 0 Å². The molecule has 8 nitrogen and oxygen atoms in total. The molecule has 0 atom stereocenters. The molecule has 0 saturated carbocycles. The lowest BCUT2D eigenvalue weighted by atomic mass is 10.2. The van der Waals surface area contributed by atoms with Crippen LogP contribution in [0.2, 0.25) is 0 Å². The first-order chi connectivity index (χ1) is 13.2. The molecule has 0 saturated heterocycles. The molecule has 3 aromatic rings. The van der Waals surface area contributed by atoms with Crippen molar-refractivity contribution in [2.75, 3.05) is 11.9 Å². The highest BCUT2D eigenvalue weighted by Gasteiger charge is 2.07. The van der Waals surface area contributed by atoms with Gasteiger partial charge in [0.2, 0.25) is 0 Å². The van der Waals surface area contributed by atoms with Crippen molar-refractivity contribution in [3.05, 3.63) is 72.4 Å². The highest BCUT2D eigenvalue weighted by molar-refractivity contribution is 5.92. The zero-order valence-corrected chi connectivity index (χ0v) is 14.8. The fourth-order valence-electron chi connectivity index (χ4n) is 2.33. The number of anilines is 1. The average Bonchev–Trinajstić information content (AvgIpc) is 3.22. The minimum absolute atomic E-state index is 0.319. The van der Waals surface area contributed by atoms with Gasteiger partial charge in [0.05, 0.1) is 12.2 Å². The summed E-state index contributed by atoms with van der Waals surface area (Å²) in [6.45, 7) is 2.41. The van der Waals surface area contributed by atoms with Crippen LogP contribution >= 0.6 is 0 Å². The molecule has 0 bridgehead atoms. The zero-order valence-electron chi connectivity index (χ0n) is 14.8. The summed E-state index contributed by atoms with van der Waals surface area (Å²) in [6, 6.07) is 9.89. The fraction of sp³-hybridized carbons (Fsp3) is 0.158.